The lowest BCUT2D eigenvalue weighted by Crippen LogP contribution is -1.95. The standard InChI is InChI=1S/C48H30O/c1-3-15-31(16-4-1)33-24-13-25-34(32-17-5-2-6-18-32)46(33)47-40-22-9-7-20-38(40)45(39-21-8-10-23-41(39)47)37-26-14-27-42-35(37)29-30-43-36-19-11-12-28-44(36)49-48(42)43/h1-30H. The van der Waals surface area contributed by atoms with Gasteiger partial charge in [-0.05, 0) is 83.6 Å². The molecule has 0 spiro atoms. The van der Waals surface area contributed by atoms with Crippen LogP contribution in [0.2, 0.25) is 0 Å². The fourth-order valence-electron chi connectivity index (χ4n) is 7.98. The van der Waals surface area contributed by atoms with Crippen molar-refractivity contribution in [1.29, 1.82) is 0 Å². The van der Waals surface area contributed by atoms with Gasteiger partial charge in [0.25, 0.3) is 0 Å². The van der Waals surface area contributed by atoms with Crippen LogP contribution in [0.3, 0.4) is 0 Å². The molecule has 0 aliphatic rings. The van der Waals surface area contributed by atoms with Gasteiger partial charge in [0.2, 0.25) is 0 Å². The highest BCUT2D eigenvalue weighted by molar-refractivity contribution is 6.27. The molecule has 0 aliphatic carbocycles. The largest absolute Gasteiger partial charge is 0.455 e. The fourth-order valence-corrected chi connectivity index (χ4v) is 7.98. The molecule has 1 aromatic heterocycles. The van der Waals surface area contributed by atoms with Gasteiger partial charge in [0.15, 0.2) is 0 Å². The van der Waals surface area contributed by atoms with Crippen LogP contribution in [0.4, 0.5) is 0 Å². The lowest BCUT2D eigenvalue weighted by molar-refractivity contribution is 0.672. The van der Waals surface area contributed by atoms with Crippen LogP contribution in [-0.2, 0) is 0 Å². The third-order valence-electron chi connectivity index (χ3n) is 10.1. The minimum absolute atomic E-state index is 0.918. The molecule has 0 atom stereocenters. The Morgan fingerprint density at radius 2 is 0.673 bits per heavy atom. The van der Waals surface area contributed by atoms with E-state index in [0.717, 1.165) is 27.3 Å². The maximum Gasteiger partial charge on any atom is 0.143 e. The molecule has 1 heterocycles. The SMILES string of the molecule is c1ccc(-c2cccc(-c3ccccc3)c2-c2c3ccccc3c(-c3cccc4c3ccc3c5ccccc5oc43)c3ccccc23)cc1. The smallest absolute Gasteiger partial charge is 0.143 e. The van der Waals surface area contributed by atoms with Gasteiger partial charge >= 0.3 is 0 Å². The first-order valence-corrected chi connectivity index (χ1v) is 16.9. The molecule has 0 radical (unpaired) electrons. The maximum atomic E-state index is 6.52. The van der Waals surface area contributed by atoms with E-state index < -0.39 is 0 Å². The van der Waals surface area contributed by atoms with Gasteiger partial charge in [0.05, 0.1) is 0 Å². The monoisotopic (exact) mass is 622 g/mol. The quantitative estimate of drug-likeness (QED) is 0.178. The molecule has 9 aromatic carbocycles. The van der Waals surface area contributed by atoms with Crippen molar-refractivity contribution in [3.05, 3.63) is 182 Å². The predicted molar refractivity (Wildman–Crippen MR) is 208 cm³/mol. The molecule has 10 rings (SSSR count). The van der Waals surface area contributed by atoms with Crippen LogP contribution in [0.25, 0.3) is 98.8 Å². The third kappa shape index (κ3) is 4.26. The molecule has 0 saturated carbocycles. The summed E-state index contributed by atoms with van der Waals surface area (Å²) in [6.45, 7) is 0. The zero-order valence-electron chi connectivity index (χ0n) is 26.7. The van der Waals surface area contributed by atoms with Crippen molar-refractivity contribution in [1.82, 2.24) is 0 Å². The molecule has 0 aliphatic heterocycles. The van der Waals surface area contributed by atoms with Crippen molar-refractivity contribution in [2.45, 2.75) is 0 Å². The van der Waals surface area contributed by atoms with Crippen molar-refractivity contribution in [2.75, 3.05) is 0 Å². The molecule has 10 aromatic rings. The van der Waals surface area contributed by atoms with Crippen LogP contribution in [-0.4, -0.2) is 0 Å². The van der Waals surface area contributed by atoms with E-state index in [0.29, 0.717) is 0 Å². The molecule has 1 heteroatoms. The van der Waals surface area contributed by atoms with E-state index in [1.165, 1.54) is 71.4 Å². The normalized spacial score (nSPS) is 11.7. The topological polar surface area (TPSA) is 13.1 Å². The van der Waals surface area contributed by atoms with E-state index in [1.54, 1.807) is 0 Å². The second kappa shape index (κ2) is 11.1. The second-order valence-electron chi connectivity index (χ2n) is 12.7. The second-order valence-corrected chi connectivity index (χ2v) is 12.7. The summed E-state index contributed by atoms with van der Waals surface area (Å²) in [5.74, 6) is 0. The van der Waals surface area contributed by atoms with E-state index in [-0.39, 0.29) is 0 Å². The van der Waals surface area contributed by atoms with Crippen LogP contribution in [0.15, 0.2) is 186 Å². The van der Waals surface area contributed by atoms with Crippen molar-refractivity contribution in [3.63, 3.8) is 0 Å². The molecule has 0 saturated heterocycles. The number of rotatable bonds is 4. The first-order valence-electron chi connectivity index (χ1n) is 16.9. The average Bonchev–Trinajstić information content (AvgIpc) is 3.57. The van der Waals surface area contributed by atoms with E-state index in [9.17, 15) is 0 Å². The Hall–Kier alpha value is -6.44. The van der Waals surface area contributed by atoms with E-state index in [2.05, 4.69) is 176 Å². The Bertz CT molecular complexity index is 2750. The van der Waals surface area contributed by atoms with Gasteiger partial charge in [-0.15, -0.1) is 0 Å². The van der Waals surface area contributed by atoms with Gasteiger partial charge in [0.1, 0.15) is 11.2 Å². The number of benzene rings is 9. The third-order valence-corrected chi connectivity index (χ3v) is 10.1. The van der Waals surface area contributed by atoms with E-state index >= 15 is 0 Å². The van der Waals surface area contributed by atoms with Crippen molar-refractivity contribution in [3.8, 4) is 44.5 Å². The Morgan fingerprint density at radius 3 is 1.29 bits per heavy atom. The zero-order valence-corrected chi connectivity index (χ0v) is 26.7. The van der Waals surface area contributed by atoms with Gasteiger partial charge in [-0.1, -0.05) is 170 Å². The molecule has 0 amide bonds. The molecular weight excluding hydrogens is 593 g/mol. The molecule has 0 N–H and O–H groups in total. The van der Waals surface area contributed by atoms with Crippen molar-refractivity contribution >= 4 is 54.3 Å². The summed E-state index contributed by atoms with van der Waals surface area (Å²) in [5.41, 5.74) is 11.7. The molecular formula is C48H30O. The van der Waals surface area contributed by atoms with Gasteiger partial charge in [0, 0.05) is 16.2 Å². The minimum atomic E-state index is 0.918. The number of hydrogen-bond acceptors (Lipinski definition) is 1. The highest BCUT2D eigenvalue weighted by atomic mass is 16.3. The summed E-state index contributed by atoms with van der Waals surface area (Å²) in [6, 6.07) is 65.8. The Labute approximate surface area is 284 Å². The summed E-state index contributed by atoms with van der Waals surface area (Å²) in [5, 5.41) is 9.55. The van der Waals surface area contributed by atoms with E-state index in [4.69, 9.17) is 4.42 Å². The van der Waals surface area contributed by atoms with Crippen molar-refractivity contribution in [2.24, 2.45) is 0 Å². The molecule has 0 bridgehead atoms. The molecule has 49 heavy (non-hydrogen) atoms. The Morgan fingerprint density at radius 1 is 0.245 bits per heavy atom. The van der Waals surface area contributed by atoms with Gasteiger partial charge in [-0.2, -0.15) is 0 Å². The summed E-state index contributed by atoms with van der Waals surface area (Å²) >= 11 is 0. The van der Waals surface area contributed by atoms with Crippen LogP contribution in [0, 0.1) is 0 Å². The number of fused-ring (bicyclic) bond motifs is 7. The minimum Gasteiger partial charge on any atom is -0.455 e. The summed E-state index contributed by atoms with van der Waals surface area (Å²) in [6.07, 6.45) is 0. The fraction of sp³-hybridized carbons (Fsp3) is 0. The highest BCUT2D eigenvalue weighted by Gasteiger charge is 2.23. The average molecular weight is 623 g/mol. The first kappa shape index (κ1) is 27.7. The maximum absolute atomic E-state index is 6.52. The number of furan rings is 1. The molecule has 228 valence electrons. The van der Waals surface area contributed by atoms with Crippen LogP contribution >= 0.6 is 0 Å². The number of hydrogen-bond donors (Lipinski definition) is 0. The van der Waals surface area contributed by atoms with E-state index in [1.807, 2.05) is 6.07 Å². The Balaban J connectivity index is 1.35. The number of para-hydroxylation sites is 1. The molecule has 0 unspecified atom stereocenters. The lowest BCUT2D eigenvalue weighted by Gasteiger charge is -2.22. The van der Waals surface area contributed by atoms with Gasteiger partial charge in [-0.3, -0.25) is 0 Å². The lowest BCUT2D eigenvalue weighted by atomic mass is 9.80. The zero-order chi connectivity index (χ0) is 32.3. The highest BCUT2D eigenvalue weighted by Crippen LogP contribution is 2.50. The first-order chi connectivity index (χ1) is 24.3. The summed E-state index contributed by atoms with van der Waals surface area (Å²) < 4.78 is 6.52. The van der Waals surface area contributed by atoms with Crippen LogP contribution in [0.1, 0.15) is 0 Å². The summed E-state index contributed by atoms with van der Waals surface area (Å²) in [7, 11) is 0. The molecule has 1 nitrogen and oxygen atoms in total. The van der Waals surface area contributed by atoms with Gasteiger partial charge in [-0.25, -0.2) is 0 Å². The Kier molecular flexibility index (Phi) is 6.25. The predicted octanol–water partition coefficient (Wildman–Crippen LogP) is 13.7. The van der Waals surface area contributed by atoms with Crippen LogP contribution < -0.4 is 0 Å². The van der Waals surface area contributed by atoms with Gasteiger partial charge < -0.3 is 4.42 Å². The summed E-state index contributed by atoms with van der Waals surface area (Å²) in [4.78, 5) is 0. The molecule has 0 fully saturated rings. The van der Waals surface area contributed by atoms with Crippen molar-refractivity contribution < 1.29 is 4.42 Å². The van der Waals surface area contributed by atoms with Crippen LogP contribution in [0.5, 0.6) is 0 Å².